The summed E-state index contributed by atoms with van der Waals surface area (Å²) in [7, 11) is 1.65. The predicted octanol–water partition coefficient (Wildman–Crippen LogP) is 2.44. The molecule has 26 heavy (non-hydrogen) atoms. The van der Waals surface area contributed by atoms with Gasteiger partial charge < -0.3 is 20.7 Å². The zero-order valence-corrected chi connectivity index (χ0v) is 15.1. The zero-order valence-electron chi connectivity index (χ0n) is 15.1. The maximum Gasteiger partial charge on any atom is 0.274 e. The molecule has 1 aromatic carbocycles. The number of carbonyl (C=O) groups is 2. The summed E-state index contributed by atoms with van der Waals surface area (Å²) < 4.78 is 4.99. The minimum atomic E-state index is -0.331. The Hall–Kier alpha value is -3.00. The number of anilines is 3. The summed E-state index contributed by atoms with van der Waals surface area (Å²) in [5.41, 5.74) is 2.24. The fourth-order valence-corrected chi connectivity index (χ4v) is 2.22. The normalized spacial score (nSPS) is 10.3. The van der Waals surface area contributed by atoms with E-state index in [9.17, 15) is 9.59 Å². The topological polar surface area (TPSA) is 105 Å². The third-order valence-corrected chi connectivity index (χ3v) is 3.36. The van der Waals surface area contributed by atoms with Crippen molar-refractivity contribution < 1.29 is 14.3 Å². The van der Waals surface area contributed by atoms with Gasteiger partial charge in [0.25, 0.3) is 5.91 Å². The molecular formula is C18H23N5O3. The quantitative estimate of drug-likeness (QED) is 0.627. The lowest BCUT2D eigenvalue weighted by molar-refractivity contribution is -0.114. The first-order valence-electron chi connectivity index (χ1n) is 8.25. The van der Waals surface area contributed by atoms with E-state index < -0.39 is 0 Å². The van der Waals surface area contributed by atoms with Crippen LogP contribution in [0, 0.1) is 6.92 Å². The molecule has 8 heteroatoms. The van der Waals surface area contributed by atoms with E-state index in [1.807, 2.05) is 0 Å². The number of benzene rings is 1. The summed E-state index contributed by atoms with van der Waals surface area (Å²) in [4.78, 5) is 32.0. The van der Waals surface area contributed by atoms with Crippen LogP contribution < -0.4 is 16.0 Å². The van der Waals surface area contributed by atoms with Crippen molar-refractivity contribution >= 4 is 29.1 Å². The summed E-state index contributed by atoms with van der Waals surface area (Å²) in [6, 6.07) is 8.47. The van der Waals surface area contributed by atoms with Gasteiger partial charge in [0.1, 0.15) is 5.69 Å². The average Bonchev–Trinajstić information content (AvgIpc) is 2.59. The molecule has 0 bridgehead atoms. The Kier molecular flexibility index (Phi) is 7.04. The van der Waals surface area contributed by atoms with Crippen LogP contribution in [0.5, 0.6) is 0 Å². The Morgan fingerprint density at radius 2 is 1.73 bits per heavy atom. The van der Waals surface area contributed by atoms with Crippen molar-refractivity contribution in [3.05, 3.63) is 41.7 Å². The molecule has 1 aromatic heterocycles. The van der Waals surface area contributed by atoms with Gasteiger partial charge in [0.05, 0.1) is 0 Å². The second kappa shape index (κ2) is 9.47. The van der Waals surface area contributed by atoms with Crippen LogP contribution in [0.2, 0.25) is 0 Å². The molecule has 0 aliphatic rings. The number of nitrogens with zero attached hydrogens (tertiary/aromatic N) is 2. The molecule has 2 aromatic rings. The molecule has 0 aliphatic carbocycles. The molecule has 0 unspecified atom stereocenters. The molecule has 0 spiro atoms. The van der Waals surface area contributed by atoms with Crippen LogP contribution in [0.15, 0.2) is 30.3 Å². The number of hydrogen-bond acceptors (Lipinski definition) is 6. The van der Waals surface area contributed by atoms with E-state index >= 15 is 0 Å². The number of carbonyl (C=O) groups excluding carboxylic acids is 2. The molecule has 0 saturated heterocycles. The molecule has 0 atom stereocenters. The highest BCUT2D eigenvalue weighted by atomic mass is 16.5. The molecule has 0 saturated carbocycles. The smallest absolute Gasteiger partial charge is 0.274 e. The zero-order chi connectivity index (χ0) is 18.9. The first-order chi connectivity index (χ1) is 12.5. The molecule has 0 fully saturated rings. The summed E-state index contributed by atoms with van der Waals surface area (Å²) in [6.45, 7) is 4.54. The van der Waals surface area contributed by atoms with Gasteiger partial charge in [-0.05, 0) is 43.7 Å². The molecule has 8 nitrogen and oxygen atoms in total. The van der Waals surface area contributed by atoms with Crippen LogP contribution in [0.1, 0.15) is 29.5 Å². The number of aromatic nitrogens is 2. The largest absolute Gasteiger partial charge is 0.385 e. The van der Waals surface area contributed by atoms with E-state index in [1.54, 1.807) is 44.4 Å². The van der Waals surface area contributed by atoms with Gasteiger partial charge in [-0.15, -0.1) is 0 Å². The molecule has 3 N–H and O–H groups in total. The monoisotopic (exact) mass is 357 g/mol. The van der Waals surface area contributed by atoms with E-state index in [0.29, 0.717) is 36.2 Å². The molecule has 1 heterocycles. The summed E-state index contributed by atoms with van der Waals surface area (Å²) >= 11 is 0. The van der Waals surface area contributed by atoms with Gasteiger partial charge in [-0.1, -0.05) is 0 Å². The fourth-order valence-electron chi connectivity index (χ4n) is 2.22. The van der Waals surface area contributed by atoms with Crippen molar-refractivity contribution in [2.75, 3.05) is 36.2 Å². The van der Waals surface area contributed by atoms with Crippen LogP contribution in [0.25, 0.3) is 0 Å². The highest BCUT2D eigenvalue weighted by molar-refractivity contribution is 6.03. The van der Waals surface area contributed by atoms with Crippen molar-refractivity contribution in [1.82, 2.24) is 9.97 Å². The minimum Gasteiger partial charge on any atom is -0.385 e. The Balaban J connectivity index is 2.02. The SMILES string of the molecule is COCCCNc1nc(C)cc(C(=O)Nc2ccc(NC(C)=O)cc2)n1. The molecule has 2 amide bonds. The van der Waals surface area contributed by atoms with Gasteiger partial charge in [-0.25, -0.2) is 9.97 Å². The molecular weight excluding hydrogens is 334 g/mol. The van der Waals surface area contributed by atoms with Crippen molar-refractivity contribution in [2.45, 2.75) is 20.3 Å². The van der Waals surface area contributed by atoms with Gasteiger partial charge in [-0.2, -0.15) is 0 Å². The van der Waals surface area contributed by atoms with Crippen molar-refractivity contribution in [1.29, 1.82) is 0 Å². The van der Waals surface area contributed by atoms with Crippen molar-refractivity contribution in [2.24, 2.45) is 0 Å². The summed E-state index contributed by atoms with van der Waals surface area (Å²) in [5, 5.41) is 8.53. The lowest BCUT2D eigenvalue weighted by Crippen LogP contribution is -2.16. The first-order valence-corrected chi connectivity index (χ1v) is 8.25. The van der Waals surface area contributed by atoms with Crippen LogP contribution in [-0.2, 0) is 9.53 Å². The Labute approximate surface area is 152 Å². The lowest BCUT2D eigenvalue weighted by atomic mass is 10.2. The number of aryl methyl sites for hydroxylation is 1. The third-order valence-electron chi connectivity index (χ3n) is 3.36. The third kappa shape index (κ3) is 6.14. The van der Waals surface area contributed by atoms with Crippen LogP contribution >= 0.6 is 0 Å². The van der Waals surface area contributed by atoms with E-state index in [2.05, 4.69) is 25.9 Å². The van der Waals surface area contributed by atoms with Gasteiger partial charge in [0.2, 0.25) is 11.9 Å². The van der Waals surface area contributed by atoms with Gasteiger partial charge >= 0.3 is 0 Å². The fraction of sp³-hybridized carbons (Fsp3) is 0.333. The Morgan fingerprint density at radius 1 is 1.08 bits per heavy atom. The number of ether oxygens (including phenoxy) is 1. The number of nitrogens with one attached hydrogen (secondary N) is 3. The highest BCUT2D eigenvalue weighted by Crippen LogP contribution is 2.15. The number of rotatable bonds is 8. The molecule has 0 aliphatic heterocycles. The van der Waals surface area contributed by atoms with E-state index in [4.69, 9.17) is 4.74 Å². The van der Waals surface area contributed by atoms with Crippen molar-refractivity contribution in [3.63, 3.8) is 0 Å². The highest BCUT2D eigenvalue weighted by Gasteiger charge is 2.11. The van der Waals surface area contributed by atoms with Crippen molar-refractivity contribution in [3.8, 4) is 0 Å². The maximum absolute atomic E-state index is 12.4. The van der Waals surface area contributed by atoms with E-state index in [0.717, 1.165) is 6.42 Å². The second-order valence-corrected chi connectivity index (χ2v) is 5.70. The Bertz CT molecular complexity index is 762. The standard InChI is InChI=1S/C18H23N5O3/c1-12-11-16(23-18(20-12)19-9-4-10-26-3)17(25)22-15-7-5-14(6-8-15)21-13(2)24/h5-8,11H,4,9-10H2,1-3H3,(H,21,24)(H,22,25)(H,19,20,23). The maximum atomic E-state index is 12.4. The van der Waals surface area contributed by atoms with E-state index in [-0.39, 0.29) is 17.5 Å². The van der Waals surface area contributed by atoms with Gasteiger partial charge in [-0.3, -0.25) is 9.59 Å². The van der Waals surface area contributed by atoms with Crippen LogP contribution in [0.4, 0.5) is 17.3 Å². The minimum absolute atomic E-state index is 0.149. The van der Waals surface area contributed by atoms with Crippen LogP contribution in [0.3, 0.4) is 0 Å². The molecule has 138 valence electrons. The van der Waals surface area contributed by atoms with E-state index in [1.165, 1.54) is 6.92 Å². The number of methoxy groups -OCH3 is 1. The lowest BCUT2D eigenvalue weighted by Gasteiger charge is -2.09. The molecule has 0 radical (unpaired) electrons. The number of amides is 2. The van der Waals surface area contributed by atoms with Gasteiger partial charge in [0.15, 0.2) is 0 Å². The predicted molar refractivity (Wildman–Crippen MR) is 100 cm³/mol. The summed E-state index contributed by atoms with van der Waals surface area (Å²) in [6.07, 6.45) is 0.815. The summed E-state index contributed by atoms with van der Waals surface area (Å²) in [5.74, 6) is -0.0706. The van der Waals surface area contributed by atoms with Gasteiger partial charge in [0, 0.05) is 44.3 Å². The second-order valence-electron chi connectivity index (χ2n) is 5.70. The van der Waals surface area contributed by atoms with Crippen LogP contribution in [-0.4, -0.2) is 42.0 Å². The number of hydrogen-bond donors (Lipinski definition) is 3. The molecule has 2 rings (SSSR count). The average molecular weight is 357 g/mol. The first kappa shape index (κ1) is 19.3. The Morgan fingerprint density at radius 3 is 2.35 bits per heavy atom.